The Morgan fingerprint density at radius 2 is 1.66 bits per heavy atom. The normalized spacial score (nSPS) is 11.6. The number of amides is 1. The van der Waals surface area contributed by atoms with E-state index in [0.717, 1.165) is 11.1 Å². The molecule has 0 aliphatic rings. The first-order valence-electron chi connectivity index (χ1n) is 9.04. The molecule has 0 aromatic heterocycles. The average molecular weight is 428 g/mol. The van der Waals surface area contributed by atoms with Gasteiger partial charge >= 0.3 is 0 Å². The number of rotatable bonds is 8. The van der Waals surface area contributed by atoms with Crippen LogP contribution in [0.1, 0.15) is 16.4 Å². The maximum Gasteiger partial charge on any atom is 0.234 e. The molecule has 3 aromatic rings. The van der Waals surface area contributed by atoms with Crippen LogP contribution in [-0.2, 0) is 4.79 Å². The van der Waals surface area contributed by atoms with E-state index in [4.69, 9.17) is 21.1 Å². The van der Waals surface area contributed by atoms with E-state index >= 15 is 0 Å². The molecule has 3 rings (SSSR count). The van der Waals surface area contributed by atoms with E-state index in [1.165, 1.54) is 0 Å². The summed E-state index contributed by atoms with van der Waals surface area (Å²) in [5.74, 6) is 1.41. The van der Waals surface area contributed by atoms with Crippen molar-refractivity contribution in [3.8, 4) is 11.5 Å². The molecule has 29 heavy (non-hydrogen) atoms. The number of nitrogens with one attached hydrogen (secondary N) is 1. The molecule has 0 radical (unpaired) electrons. The van der Waals surface area contributed by atoms with E-state index in [2.05, 4.69) is 17.4 Å². The van der Waals surface area contributed by atoms with Gasteiger partial charge in [0.05, 0.1) is 30.9 Å². The molecule has 0 saturated heterocycles. The largest absolute Gasteiger partial charge is 0.497 e. The lowest BCUT2D eigenvalue weighted by atomic mass is 10.0. The van der Waals surface area contributed by atoms with Crippen molar-refractivity contribution < 1.29 is 14.3 Å². The van der Waals surface area contributed by atoms with E-state index in [1.807, 2.05) is 42.5 Å². The summed E-state index contributed by atoms with van der Waals surface area (Å²) >= 11 is 7.60. The van der Waals surface area contributed by atoms with Gasteiger partial charge in [-0.3, -0.25) is 4.79 Å². The van der Waals surface area contributed by atoms with Crippen molar-refractivity contribution in [1.82, 2.24) is 0 Å². The summed E-state index contributed by atoms with van der Waals surface area (Å²) in [7, 11) is 3.15. The summed E-state index contributed by atoms with van der Waals surface area (Å²) in [5, 5.41) is 3.63. The van der Waals surface area contributed by atoms with E-state index in [0.29, 0.717) is 22.2 Å². The highest BCUT2D eigenvalue weighted by Gasteiger charge is 2.17. The van der Waals surface area contributed by atoms with Gasteiger partial charge in [-0.2, -0.15) is 0 Å². The molecule has 0 aliphatic heterocycles. The molecular formula is C23H22ClNO3S. The maximum atomic E-state index is 12.6. The highest BCUT2D eigenvalue weighted by Crippen LogP contribution is 2.36. The van der Waals surface area contributed by atoms with Crippen molar-refractivity contribution in [3.05, 3.63) is 88.9 Å². The zero-order valence-corrected chi connectivity index (χ0v) is 17.8. The van der Waals surface area contributed by atoms with Crippen molar-refractivity contribution in [1.29, 1.82) is 0 Å². The predicted molar refractivity (Wildman–Crippen MR) is 120 cm³/mol. The molecule has 0 heterocycles. The third-order valence-electron chi connectivity index (χ3n) is 4.34. The van der Waals surface area contributed by atoms with Gasteiger partial charge < -0.3 is 14.8 Å². The van der Waals surface area contributed by atoms with Crippen LogP contribution in [0.15, 0.2) is 72.8 Å². The minimum absolute atomic E-state index is 0.0250. The molecule has 3 aromatic carbocycles. The molecule has 1 unspecified atom stereocenters. The molecule has 1 atom stereocenters. The molecule has 1 N–H and O–H groups in total. The number of benzene rings is 3. The van der Waals surface area contributed by atoms with Crippen LogP contribution in [0.5, 0.6) is 11.5 Å². The Kier molecular flexibility index (Phi) is 7.44. The van der Waals surface area contributed by atoms with Crippen LogP contribution in [0.4, 0.5) is 5.69 Å². The summed E-state index contributed by atoms with van der Waals surface area (Å²) < 4.78 is 10.5. The van der Waals surface area contributed by atoms with E-state index in [9.17, 15) is 4.79 Å². The minimum Gasteiger partial charge on any atom is -0.497 e. The van der Waals surface area contributed by atoms with Crippen molar-refractivity contribution >= 4 is 35.0 Å². The molecule has 4 nitrogen and oxygen atoms in total. The fourth-order valence-electron chi connectivity index (χ4n) is 2.90. The Bertz CT molecular complexity index is 948. The Morgan fingerprint density at radius 3 is 2.31 bits per heavy atom. The van der Waals surface area contributed by atoms with Gasteiger partial charge in [0.2, 0.25) is 5.91 Å². The second kappa shape index (κ2) is 10.2. The molecule has 150 valence electrons. The van der Waals surface area contributed by atoms with E-state index in [1.54, 1.807) is 44.2 Å². The maximum absolute atomic E-state index is 12.6. The van der Waals surface area contributed by atoms with Crippen LogP contribution in [0.3, 0.4) is 0 Å². The monoisotopic (exact) mass is 427 g/mol. The number of hydrogen-bond donors (Lipinski definition) is 1. The van der Waals surface area contributed by atoms with Crippen LogP contribution in [-0.4, -0.2) is 25.9 Å². The topological polar surface area (TPSA) is 47.6 Å². The first-order chi connectivity index (χ1) is 14.1. The molecule has 0 saturated carbocycles. The first-order valence-corrected chi connectivity index (χ1v) is 10.5. The third-order valence-corrected chi connectivity index (χ3v) is 5.90. The lowest BCUT2D eigenvalue weighted by Crippen LogP contribution is -2.16. The van der Waals surface area contributed by atoms with Gasteiger partial charge in [-0.05, 0) is 35.4 Å². The number of thioether (sulfide) groups is 1. The number of hydrogen-bond acceptors (Lipinski definition) is 4. The van der Waals surface area contributed by atoms with Crippen LogP contribution in [0.25, 0.3) is 0 Å². The van der Waals surface area contributed by atoms with E-state index < -0.39 is 0 Å². The van der Waals surface area contributed by atoms with Gasteiger partial charge in [0.25, 0.3) is 0 Å². The number of methoxy groups -OCH3 is 2. The van der Waals surface area contributed by atoms with Crippen LogP contribution >= 0.6 is 23.4 Å². The van der Waals surface area contributed by atoms with Crippen LogP contribution in [0.2, 0.25) is 5.02 Å². The zero-order valence-electron chi connectivity index (χ0n) is 16.2. The van der Waals surface area contributed by atoms with Gasteiger partial charge in [0, 0.05) is 11.1 Å². The second-order valence-electron chi connectivity index (χ2n) is 6.27. The predicted octanol–water partition coefficient (Wildman–Crippen LogP) is 5.82. The second-order valence-corrected chi connectivity index (χ2v) is 7.80. The molecule has 0 bridgehead atoms. The molecule has 0 fully saturated rings. The lowest BCUT2D eigenvalue weighted by Gasteiger charge is -2.18. The van der Waals surface area contributed by atoms with Gasteiger partial charge in [-0.15, -0.1) is 11.8 Å². The number of carbonyl (C=O) groups is 1. The number of carbonyl (C=O) groups excluding carboxylic acids is 1. The van der Waals surface area contributed by atoms with Gasteiger partial charge in [0.15, 0.2) is 0 Å². The van der Waals surface area contributed by atoms with Crippen molar-refractivity contribution in [3.63, 3.8) is 0 Å². The quantitative estimate of drug-likeness (QED) is 0.492. The fourth-order valence-corrected chi connectivity index (χ4v) is 4.11. The molecule has 0 spiro atoms. The molecule has 1 amide bonds. The van der Waals surface area contributed by atoms with Gasteiger partial charge in [-0.1, -0.05) is 54.1 Å². The third kappa shape index (κ3) is 5.68. The summed E-state index contributed by atoms with van der Waals surface area (Å²) in [6.07, 6.45) is 0. The highest BCUT2D eigenvalue weighted by molar-refractivity contribution is 8.00. The SMILES string of the molecule is COc1ccc(NC(=O)CSC(c2ccccc2)c2ccc(Cl)cc2)c(OC)c1. The molecular weight excluding hydrogens is 406 g/mol. The smallest absolute Gasteiger partial charge is 0.234 e. The van der Waals surface area contributed by atoms with Crippen molar-refractivity contribution in [2.75, 3.05) is 25.3 Å². The highest BCUT2D eigenvalue weighted by atomic mass is 35.5. The summed E-state index contributed by atoms with van der Waals surface area (Å²) in [4.78, 5) is 12.6. The number of ether oxygens (including phenoxy) is 2. The lowest BCUT2D eigenvalue weighted by molar-refractivity contribution is -0.113. The van der Waals surface area contributed by atoms with Gasteiger partial charge in [-0.25, -0.2) is 0 Å². The minimum atomic E-state index is -0.103. The summed E-state index contributed by atoms with van der Waals surface area (Å²) in [6.45, 7) is 0. The van der Waals surface area contributed by atoms with Gasteiger partial charge in [0.1, 0.15) is 11.5 Å². The summed E-state index contributed by atoms with van der Waals surface area (Å²) in [6, 6.07) is 23.1. The van der Waals surface area contributed by atoms with Crippen molar-refractivity contribution in [2.24, 2.45) is 0 Å². The van der Waals surface area contributed by atoms with Crippen molar-refractivity contribution in [2.45, 2.75) is 5.25 Å². The summed E-state index contributed by atoms with van der Waals surface area (Å²) in [5.41, 5.74) is 2.84. The van der Waals surface area contributed by atoms with Crippen LogP contribution in [0, 0.1) is 0 Å². The molecule has 6 heteroatoms. The Labute approximate surface area is 180 Å². The van der Waals surface area contributed by atoms with E-state index in [-0.39, 0.29) is 16.9 Å². The molecule has 0 aliphatic carbocycles. The Morgan fingerprint density at radius 1 is 0.966 bits per heavy atom. The first kappa shape index (κ1) is 21.1. The standard InChI is InChI=1S/C23H22ClNO3S/c1-27-19-12-13-20(21(14-19)28-2)25-22(26)15-29-23(16-6-4-3-5-7-16)17-8-10-18(24)11-9-17/h3-14,23H,15H2,1-2H3,(H,25,26). The number of anilines is 1. The van der Waals surface area contributed by atoms with Crippen LogP contribution < -0.4 is 14.8 Å². The average Bonchev–Trinajstić information content (AvgIpc) is 2.76. The fraction of sp³-hybridized carbons (Fsp3) is 0.174. The number of halogens is 1. The Balaban J connectivity index is 1.72. The Hall–Kier alpha value is -2.63. The zero-order chi connectivity index (χ0) is 20.6.